The highest BCUT2D eigenvalue weighted by atomic mass is 16.2. The summed E-state index contributed by atoms with van der Waals surface area (Å²) < 4.78 is 0. The van der Waals surface area contributed by atoms with E-state index in [9.17, 15) is 4.79 Å². The number of likely N-dealkylation sites (N-methyl/N-ethyl adjacent to an activating group) is 1. The van der Waals surface area contributed by atoms with Crippen LogP contribution in [0.15, 0.2) is 24.3 Å². The Balaban J connectivity index is 2.65. The number of nitrogens with one attached hydrogen (secondary N) is 1. The summed E-state index contributed by atoms with van der Waals surface area (Å²) >= 11 is 0. The second-order valence-electron chi connectivity index (χ2n) is 4.90. The monoisotopic (exact) mass is 274 g/mol. The molecule has 0 bridgehead atoms. The maximum atomic E-state index is 12.2. The molecule has 5 nitrogen and oxygen atoms in total. The topological polar surface area (TPSA) is 82.2 Å². The van der Waals surface area contributed by atoms with Crippen molar-refractivity contribution in [2.24, 2.45) is 5.92 Å². The van der Waals surface area contributed by atoms with Crippen molar-refractivity contribution in [3.8, 4) is 6.07 Å². The van der Waals surface area contributed by atoms with Gasteiger partial charge in [0.1, 0.15) is 0 Å². The van der Waals surface area contributed by atoms with Gasteiger partial charge in [-0.25, -0.2) is 0 Å². The van der Waals surface area contributed by atoms with Crippen LogP contribution in [0.25, 0.3) is 0 Å². The molecule has 108 valence electrons. The van der Waals surface area contributed by atoms with Gasteiger partial charge in [-0.1, -0.05) is 6.92 Å². The molecule has 0 radical (unpaired) electrons. The predicted octanol–water partition coefficient (Wildman–Crippen LogP) is 2.08. The fourth-order valence-corrected chi connectivity index (χ4v) is 1.93. The van der Waals surface area contributed by atoms with Crippen LogP contribution in [-0.2, 0) is 4.79 Å². The first-order valence-corrected chi connectivity index (χ1v) is 6.78. The minimum atomic E-state index is -0.284. The summed E-state index contributed by atoms with van der Waals surface area (Å²) in [6, 6.07) is 8.94. The Kier molecular flexibility index (Phi) is 6.01. The lowest BCUT2D eigenvalue weighted by molar-refractivity contribution is -0.120. The molecular weight excluding hydrogens is 252 g/mol. The highest BCUT2D eigenvalue weighted by molar-refractivity contribution is 5.94. The molecule has 1 amide bonds. The normalized spacial score (nSPS) is 13.6. The Labute approximate surface area is 120 Å². The Bertz CT molecular complexity index is 478. The van der Waals surface area contributed by atoms with E-state index in [1.165, 1.54) is 0 Å². The molecule has 1 rings (SSSR count). The van der Waals surface area contributed by atoms with Crippen molar-refractivity contribution in [1.29, 1.82) is 5.26 Å². The molecule has 0 saturated heterocycles. The minimum Gasteiger partial charge on any atom is -0.399 e. The van der Waals surface area contributed by atoms with Crippen LogP contribution in [0.5, 0.6) is 0 Å². The van der Waals surface area contributed by atoms with E-state index < -0.39 is 0 Å². The number of hydrogen-bond acceptors (Lipinski definition) is 4. The van der Waals surface area contributed by atoms with Gasteiger partial charge in [0.25, 0.3) is 0 Å². The SMILES string of the molecule is CCN(CC(C)C#N)C(C)C(=O)Nc1ccc(N)cc1. The predicted molar refractivity (Wildman–Crippen MR) is 81.0 cm³/mol. The maximum absolute atomic E-state index is 12.2. The van der Waals surface area contributed by atoms with Crippen LogP contribution < -0.4 is 11.1 Å². The first-order chi connectivity index (χ1) is 9.47. The van der Waals surface area contributed by atoms with Gasteiger partial charge in [-0.15, -0.1) is 0 Å². The van der Waals surface area contributed by atoms with Gasteiger partial charge in [0.2, 0.25) is 5.91 Å². The molecule has 0 aromatic heterocycles. The fourth-order valence-electron chi connectivity index (χ4n) is 1.93. The Hall–Kier alpha value is -2.06. The number of amides is 1. The second-order valence-corrected chi connectivity index (χ2v) is 4.90. The molecule has 2 atom stereocenters. The molecule has 0 aliphatic carbocycles. The number of anilines is 2. The zero-order valence-corrected chi connectivity index (χ0v) is 12.3. The Morgan fingerprint density at radius 1 is 1.40 bits per heavy atom. The van der Waals surface area contributed by atoms with Gasteiger partial charge in [0, 0.05) is 17.9 Å². The van der Waals surface area contributed by atoms with Gasteiger partial charge in [-0.3, -0.25) is 9.69 Å². The van der Waals surface area contributed by atoms with Gasteiger partial charge < -0.3 is 11.1 Å². The summed E-state index contributed by atoms with van der Waals surface area (Å²) in [5.74, 6) is -0.177. The minimum absolute atomic E-state index is 0.0817. The molecule has 0 aliphatic rings. The average molecular weight is 274 g/mol. The number of nitrogens with two attached hydrogens (primary N) is 1. The lowest BCUT2D eigenvalue weighted by atomic mass is 10.1. The molecule has 1 aromatic rings. The molecular formula is C15H22N4O. The number of nitrogen functional groups attached to an aromatic ring is 1. The summed E-state index contributed by atoms with van der Waals surface area (Å²) in [6.07, 6.45) is 0. The molecule has 0 heterocycles. The summed E-state index contributed by atoms with van der Waals surface area (Å²) in [5.41, 5.74) is 6.99. The van der Waals surface area contributed by atoms with Crippen LogP contribution >= 0.6 is 0 Å². The van der Waals surface area contributed by atoms with Gasteiger partial charge in [-0.05, 0) is 44.7 Å². The fraction of sp³-hybridized carbons (Fsp3) is 0.467. The zero-order valence-electron chi connectivity index (χ0n) is 12.3. The quantitative estimate of drug-likeness (QED) is 0.778. The zero-order chi connectivity index (χ0) is 15.1. The number of nitrogens with zero attached hydrogens (tertiary/aromatic N) is 2. The van der Waals surface area contributed by atoms with E-state index in [0.29, 0.717) is 12.2 Å². The Morgan fingerprint density at radius 2 is 2.00 bits per heavy atom. The second kappa shape index (κ2) is 7.51. The van der Waals surface area contributed by atoms with E-state index in [1.807, 2.05) is 25.7 Å². The van der Waals surface area contributed by atoms with Crippen LogP contribution in [0.2, 0.25) is 0 Å². The number of benzene rings is 1. The molecule has 0 fully saturated rings. The highest BCUT2D eigenvalue weighted by Gasteiger charge is 2.21. The van der Waals surface area contributed by atoms with Crippen LogP contribution in [0, 0.1) is 17.2 Å². The molecule has 5 heteroatoms. The first kappa shape index (κ1) is 16.0. The number of carbonyl (C=O) groups is 1. The third-order valence-corrected chi connectivity index (χ3v) is 3.24. The van der Waals surface area contributed by atoms with Crippen LogP contribution in [-0.4, -0.2) is 29.9 Å². The standard InChI is InChI=1S/C15H22N4O/c1-4-19(10-11(2)9-16)12(3)15(20)18-14-7-5-13(17)6-8-14/h5-8,11-12H,4,10,17H2,1-3H3,(H,18,20). The molecule has 0 spiro atoms. The van der Waals surface area contributed by atoms with Crippen molar-refractivity contribution >= 4 is 17.3 Å². The van der Waals surface area contributed by atoms with Crippen LogP contribution in [0.4, 0.5) is 11.4 Å². The molecule has 20 heavy (non-hydrogen) atoms. The lowest BCUT2D eigenvalue weighted by Gasteiger charge is -2.27. The number of hydrogen-bond donors (Lipinski definition) is 2. The number of carbonyl (C=O) groups excluding carboxylic acids is 1. The van der Waals surface area contributed by atoms with E-state index in [2.05, 4.69) is 11.4 Å². The first-order valence-electron chi connectivity index (χ1n) is 6.78. The van der Waals surface area contributed by atoms with Gasteiger partial charge in [-0.2, -0.15) is 5.26 Å². The Morgan fingerprint density at radius 3 is 2.50 bits per heavy atom. The van der Waals surface area contributed by atoms with Gasteiger partial charge in [0.05, 0.1) is 18.0 Å². The third-order valence-electron chi connectivity index (χ3n) is 3.24. The third kappa shape index (κ3) is 4.56. The smallest absolute Gasteiger partial charge is 0.241 e. The van der Waals surface area contributed by atoms with Crippen molar-refractivity contribution in [1.82, 2.24) is 4.90 Å². The summed E-state index contributed by atoms with van der Waals surface area (Å²) in [7, 11) is 0. The van der Waals surface area contributed by atoms with Gasteiger partial charge >= 0.3 is 0 Å². The molecule has 0 saturated carbocycles. The summed E-state index contributed by atoms with van der Waals surface area (Å²) in [5, 5.41) is 11.7. The van der Waals surface area contributed by atoms with E-state index in [1.54, 1.807) is 24.3 Å². The van der Waals surface area contributed by atoms with E-state index in [-0.39, 0.29) is 17.9 Å². The average Bonchev–Trinajstić information content (AvgIpc) is 2.46. The van der Waals surface area contributed by atoms with Gasteiger partial charge in [0.15, 0.2) is 0 Å². The van der Waals surface area contributed by atoms with E-state index >= 15 is 0 Å². The maximum Gasteiger partial charge on any atom is 0.241 e. The number of rotatable bonds is 6. The molecule has 2 unspecified atom stereocenters. The molecule has 3 N–H and O–H groups in total. The van der Waals surface area contributed by atoms with Crippen LogP contribution in [0.3, 0.4) is 0 Å². The van der Waals surface area contributed by atoms with E-state index in [4.69, 9.17) is 11.0 Å². The lowest BCUT2D eigenvalue weighted by Crippen LogP contribution is -2.43. The summed E-state index contributed by atoms with van der Waals surface area (Å²) in [6.45, 7) is 7.00. The van der Waals surface area contributed by atoms with Crippen LogP contribution in [0.1, 0.15) is 20.8 Å². The summed E-state index contributed by atoms with van der Waals surface area (Å²) in [4.78, 5) is 14.2. The highest BCUT2D eigenvalue weighted by Crippen LogP contribution is 2.12. The van der Waals surface area contributed by atoms with Crippen molar-refractivity contribution < 1.29 is 4.79 Å². The molecule has 1 aromatic carbocycles. The van der Waals surface area contributed by atoms with Crippen molar-refractivity contribution in [2.45, 2.75) is 26.8 Å². The molecule has 0 aliphatic heterocycles. The van der Waals surface area contributed by atoms with Crippen molar-refractivity contribution in [3.05, 3.63) is 24.3 Å². The largest absolute Gasteiger partial charge is 0.399 e. The van der Waals surface area contributed by atoms with Crippen molar-refractivity contribution in [2.75, 3.05) is 24.1 Å². The number of nitriles is 1. The van der Waals surface area contributed by atoms with E-state index in [0.717, 1.165) is 12.2 Å². The van der Waals surface area contributed by atoms with Crippen molar-refractivity contribution in [3.63, 3.8) is 0 Å².